The molecule has 20 heavy (non-hydrogen) atoms. The fourth-order valence-electron chi connectivity index (χ4n) is 1.56. The van der Waals surface area contributed by atoms with Gasteiger partial charge in [0, 0.05) is 24.5 Å². The van der Waals surface area contributed by atoms with Crippen molar-refractivity contribution in [3.05, 3.63) is 33.4 Å². The van der Waals surface area contributed by atoms with E-state index in [1.54, 1.807) is 0 Å². The molecule has 0 fully saturated rings. The molecule has 9 heteroatoms. The summed E-state index contributed by atoms with van der Waals surface area (Å²) in [6.45, 7) is 2.13. The molecule has 6 nitrogen and oxygen atoms in total. The number of nitrogens with one attached hydrogen (secondary N) is 1. The molecule has 2 aromatic heterocycles. The molecule has 0 radical (unpaired) electrons. The van der Waals surface area contributed by atoms with Gasteiger partial charge in [0.15, 0.2) is 0 Å². The normalized spacial score (nSPS) is 11.7. The summed E-state index contributed by atoms with van der Waals surface area (Å²) in [4.78, 5) is 7.88. The number of sulfonamides is 1. The number of pyridine rings is 1. The summed E-state index contributed by atoms with van der Waals surface area (Å²) in [5, 5.41) is 3.07. The Morgan fingerprint density at radius 3 is 2.90 bits per heavy atom. The fraction of sp³-hybridized carbons (Fsp3) is 0.273. The minimum absolute atomic E-state index is 0.0774. The number of rotatable bonds is 5. The molecule has 0 aliphatic heterocycles. The maximum Gasteiger partial charge on any atom is 0.244 e. The Kier molecular flexibility index (Phi) is 4.59. The third-order valence-corrected chi connectivity index (χ3v) is 5.00. The molecule has 0 saturated carbocycles. The van der Waals surface area contributed by atoms with Crippen LogP contribution in [0.3, 0.4) is 0 Å². The number of halogens is 1. The fourth-order valence-corrected chi connectivity index (χ4v) is 3.57. The molecule has 0 atom stereocenters. The number of nitrogens with two attached hydrogens (primary N) is 1. The highest BCUT2D eigenvalue weighted by atomic mass is 35.5. The number of hydrogen-bond acceptors (Lipinski definition) is 6. The van der Waals surface area contributed by atoms with Crippen LogP contribution in [0.15, 0.2) is 22.5 Å². The molecule has 2 rings (SSSR count). The van der Waals surface area contributed by atoms with Crippen molar-refractivity contribution in [1.29, 1.82) is 0 Å². The minimum Gasteiger partial charge on any atom is -0.383 e. The van der Waals surface area contributed by atoms with Crippen molar-refractivity contribution in [3.8, 4) is 0 Å². The summed E-state index contributed by atoms with van der Waals surface area (Å²) < 4.78 is 26.6. The first-order valence-corrected chi connectivity index (χ1v) is 8.44. The van der Waals surface area contributed by atoms with Crippen LogP contribution >= 0.6 is 22.9 Å². The molecule has 0 aliphatic rings. The molecule has 0 unspecified atom stereocenters. The highest BCUT2D eigenvalue weighted by Gasteiger charge is 2.18. The van der Waals surface area contributed by atoms with Gasteiger partial charge >= 0.3 is 0 Å². The van der Waals surface area contributed by atoms with E-state index in [-0.39, 0.29) is 22.3 Å². The molecule has 0 aromatic carbocycles. The predicted octanol–water partition coefficient (Wildman–Crippen LogP) is 1.60. The van der Waals surface area contributed by atoms with Gasteiger partial charge in [-0.3, -0.25) is 0 Å². The second-order valence-electron chi connectivity index (χ2n) is 4.04. The van der Waals surface area contributed by atoms with Gasteiger partial charge in [0.1, 0.15) is 10.7 Å². The first kappa shape index (κ1) is 15.2. The van der Waals surface area contributed by atoms with Gasteiger partial charge in [0.25, 0.3) is 0 Å². The van der Waals surface area contributed by atoms with E-state index < -0.39 is 10.0 Å². The Morgan fingerprint density at radius 1 is 1.50 bits per heavy atom. The summed E-state index contributed by atoms with van der Waals surface area (Å²) in [6, 6.07) is 1.28. The minimum atomic E-state index is -3.72. The molecule has 0 aliphatic carbocycles. The smallest absolute Gasteiger partial charge is 0.244 e. The second-order valence-corrected chi connectivity index (χ2v) is 7.28. The maximum absolute atomic E-state index is 12.1. The number of thiazole rings is 1. The van der Waals surface area contributed by atoms with Crippen LogP contribution in [0.4, 0.5) is 5.82 Å². The largest absolute Gasteiger partial charge is 0.383 e. The number of anilines is 1. The highest BCUT2D eigenvalue weighted by Crippen LogP contribution is 2.19. The lowest BCUT2D eigenvalue weighted by atomic mass is 10.3. The third kappa shape index (κ3) is 3.66. The molecule has 2 aromatic rings. The van der Waals surface area contributed by atoms with Gasteiger partial charge in [0.2, 0.25) is 10.0 Å². The van der Waals surface area contributed by atoms with Crippen molar-refractivity contribution in [1.82, 2.24) is 14.7 Å². The molecule has 2 heterocycles. The van der Waals surface area contributed by atoms with Gasteiger partial charge in [-0.05, 0) is 13.0 Å². The van der Waals surface area contributed by atoms with E-state index >= 15 is 0 Å². The first-order valence-electron chi connectivity index (χ1n) is 5.70. The van der Waals surface area contributed by atoms with Gasteiger partial charge in [0.05, 0.1) is 15.7 Å². The van der Waals surface area contributed by atoms with Crippen LogP contribution in [0.1, 0.15) is 10.7 Å². The zero-order valence-corrected chi connectivity index (χ0v) is 13.0. The molecule has 0 amide bonds. The Hall–Kier alpha value is -1.22. The summed E-state index contributed by atoms with van der Waals surface area (Å²) in [7, 11) is -3.72. The zero-order valence-electron chi connectivity index (χ0n) is 10.6. The van der Waals surface area contributed by atoms with Crippen molar-refractivity contribution < 1.29 is 8.42 Å². The lowest BCUT2D eigenvalue weighted by Crippen LogP contribution is -2.27. The number of aromatic nitrogens is 2. The molecule has 3 N–H and O–H groups in total. The lowest BCUT2D eigenvalue weighted by molar-refractivity contribution is 0.581. The Balaban J connectivity index is 2.06. The number of nitrogen functional groups attached to an aromatic ring is 1. The molecule has 0 bridgehead atoms. The van der Waals surface area contributed by atoms with Crippen LogP contribution in [0.5, 0.6) is 0 Å². The summed E-state index contributed by atoms with van der Waals surface area (Å²) >= 11 is 7.26. The monoisotopic (exact) mass is 332 g/mol. The quantitative estimate of drug-likeness (QED) is 0.866. The SMILES string of the molecule is Cc1nc(CCNS(=O)(=O)c2cc(Cl)cnc2N)cs1. The van der Waals surface area contributed by atoms with Crippen molar-refractivity contribution in [3.63, 3.8) is 0 Å². The van der Waals surface area contributed by atoms with Crippen molar-refractivity contribution in [2.75, 3.05) is 12.3 Å². The average Bonchev–Trinajstić information content (AvgIpc) is 2.78. The van der Waals surface area contributed by atoms with Gasteiger partial charge in [-0.15, -0.1) is 11.3 Å². The summed E-state index contributed by atoms with van der Waals surface area (Å²) in [5.74, 6) is -0.0774. The second kappa shape index (κ2) is 6.04. The van der Waals surface area contributed by atoms with Crippen molar-refractivity contribution in [2.24, 2.45) is 0 Å². The van der Waals surface area contributed by atoms with Crippen LogP contribution in [0.25, 0.3) is 0 Å². The van der Waals surface area contributed by atoms with Gasteiger partial charge < -0.3 is 5.73 Å². The standard InChI is InChI=1S/C11H13ClN4O2S2/c1-7-16-9(6-19-7)2-3-15-20(17,18)10-4-8(12)5-14-11(10)13/h4-6,15H,2-3H2,1H3,(H2,13,14). The first-order chi connectivity index (χ1) is 9.38. The number of hydrogen-bond donors (Lipinski definition) is 2. The average molecular weight is 333 g/mol. The summed E-state index contributed by atoms with van der Waals surface area (Å²) in [5.41, 5.74) is 6.42. The molecule has 0 saturated heterocycles. The van der Waals surface area contributed by atoms with Gasteiger partial charge in [-0.2, -0.15) is 0 Å². The van der Waals surface area contributed by atoms with E-state index in [0.717, 1.165) is 10.7 Å². The van der Waals surface area contributed by atoms with Gasteiger partial charge in [-0.1, -0.05) is 11.6 Å². The van der Waals surface area contributed by atoms with Crippen LogP contribution in [0, 0.1) is 6.92 Å². The topological polar surface area (TPSA) is 98.0 Å². The predicted molar refractivity (Wildman–Crippen MR) is 79.4 cm³/mol. The molecular weight excluding hydrogens is 320 g/mol. The third-order valence-electron chi connectivity index (χ3n) is 2.48. The van der Waals surface area contributed by atoms with Crippen molar-refractivity contribution in [2.45, 2.75) is 18.2 Å². The van der Waals surface area contributed by atoms with E-state index in [4.69, 9.17) is 17.3 Å². The van der Waals surface area contributed by atoms with E-state index in [1.165, 1.54) is 23.6 Å². The van der Waals surface area contributed by atoms with Crippen LogP contribution in [-0.4, -0.2) is 24.9 Å². The van der Waals surface area contributed by atoms with Crippen LogP contribution < -0.4 is 10.5 Å². The number of aryl methyl sites for hydroxylation is 1. The van der Waals surface area contributed by atoms with E-state index in [2.05, 4.69) is 14.7 Å². The van der Waals surface area contributed by atoms with Gasteiger partial charge in [-0.25, -0.2) is 23.1 Å². The summed E-state index contributed by atoms with van der Waals surface area (Å²) in [6.07, 6.45) is 1.81. The van der Waals surface area contributed by atoms with E-state index in [9.17, 15) is 8.42 Å². The maximum atomic E-state index is 12.1. The highest BCUT2D eigenvalue weighted by molar-refractivity contribution is 7.89. The van der Waals surface area contributed by atoms with E-state index in [0.29, 0.717) is 6.42 Å². The Bertz CT molecular complexity index is 715. The van der Waals surface area contributed by atoms with Crippen LogP contribution in [-0.2, 0) is 16.4 Å². The van der Waals surface area contributed by atoms with Crippen molar-refractivity contribution >= 4 is 38.8 Å². The lowest BCUT2D eigenvalue weighted by Gasteiger charge is -2.08. The van der Waals surface area contributed by atoms with E-state index in [1.807, 2.05) is 12.3 Å². The molecule has 108 valence electrons. The Morgan fingerprint density at radius 2 is 2.25 bits per heavy atom. The molecule has 0 spiro atoms. The zero-order chi connectivity index (χ0) is 14.8. The van der Waals surface area contributed by atoms with Crippen LogP contribution in [0.2, 0.25) is 5.02 Å². The number of nitrogens with zero attached hydrogens (tertiary/aromatic N) is 2. The Labute approximate surface area is 126 Å². The molecular formula is C11H13ClN4O2S2.